The van der Waals surface area contributed by atoms with Crippen molar-refractivity contribution in [3.8, 4) is 11.5 Å². The van der Waals surface area contributed by atoms with E-state index in [9.17, 15) is 13.2 Å². The molecule has 0 spiro atoms. The number of hydrogen-bond donors (Lipinski definition) is 1. The maximum Gasteiger partial charge on any atom is 0.417 e. The van der Waals surface area contributed by atoms with Crippen LogP contribution in [0.15, 0.2) is 42.7 Å². The van der Waals surface area contributed by atoms with Gasteiger partial charge in [-0.1, -0.05) is 12.2 Å². The van der Waals surface area contributed by atoms with Gasteiger partial charge >= 0.3 is 6.18 Å². The predicted molar refractivity (Wildman–Crippen MR) is 71.6 cm³/mol. The van der Waals surface area contributed by atoms with Gasteiger partial charge in [0.2, 0.25) is 0 Å². The standard InChI is InChI=1S/C13H9F3N2OS/c14-13(15,16)11-6-8(3-4-10(11)12(17)20)19-9-2-1-5-18-7-9/h1-7H,(H2,17,20). The molecule has 0 atom stereocenters. The van der Waals surface area contributed by atoms with Crippen LogP contribution in [0, 0.1) is 0 Å². The van der Waals surface area contributed by atoms with Gasteiger partial charge in [-0.25, -0.2) is 0 Å². The number of ether oxygens (including phenoxy) is 1. The Bertz CT molecular complexity index is 629. The number of hydrogen-bond acceptors (Lipinski definition) is 3. The molecular formula is C13H9F3N2OS. The molecule has 0 amide bonds. The number of rotatable bonds is 3. The number of nitrogens with two attached hydrogens (primary N) is 1. The number of pyridine rings is 1. The fourth-order valence-electron chi connectivity index (χ4n) is 1.58. The third-order valence-electron chi connectivity index (χ3n) is 2.43. The lowest BCUT2D eigenvalue weighted by molar-refractivity contribution is -0.137. The summed E-state index contributed by atoms with van der Waals surface area (Å²) in [5.41, 5.74) is 4.14. The molecule has 0 fully saturated rings. The number of aromatic nitrogens is 1. The maximum atomic E-state index is 12.9. The van der Waals surface area contributed by atoms with E-state index in [0.29, 0.717) is 5.75 Å². The van der Waals surface area contributed by atoms with Crippen molar-refractivity contribution >= 4 is 17.2 Å². The van der Waals surface area contributed by atoms with Gasteiger partial charge in [0, 0.05) is 11.8 Å². The summed E-state index contributed by atoms with van der Waals surface area (Å²) < 4.78 is 44.1. The predicted octanol–water partition coefficient (Wildman–Crippen LogP) is 3.53. The highest BCUT2D eigenvalue weighted by atomic mass is 32.1. The molecule has 2 rings (SSSR count). The van der Waals surface area contributed by atoms with Crippen LogP contribution in [0.3, 0.4) is 0 Å². The summed E-state index contributed by atoms with van der Waals surface area (Å²) in [6.45, 7) is 0. The largest absolute Gasteiger partial charge is 0.456 e. The maximum absolute atomic E-state index is 12.9. The zero-order valence-corrected chi connectivity index (χ0v) is 10.8. The normalized spacial score (nSPS) is 11.2. The van der Waals surface area contributed by atoms with Crippen LogP contribution in [0.25, 0.3) is 0 Å². The number of halogens is 3. The number of nitrogens with zero attached hydrogens (tertiary/aromatic N) is 1. The second-order valence-electron chi connectivity index (χ2n) is 3.86. The van der Waals surface area contributed by atoms with Crippen LogP contribution in [-0.2, 0) is 6.18 Å². The highest BCUT2D eigenvalue weighted by Gasteiger charge is 2.34. The van der Waals surface area contributed by atoms with Crippen LogP contribution in [-0.4, -0.2) is 9.97 Å². The average molecular weight is 298 g/mol. The highest BCUT2D eigenvalue weighted by molar-refractivity contribution is 7.80. The Morgan fingerprint density at radius 3 is 2.50 bits per heavy atom. The molecule has 0 saturated heterocycles. The molecule has 20 heavy (non-hydrogen) atoms. The first-order valence-corrected chi connectivity index (χ1v) is 5.87. The van der Waals surface area contributed by atoms with Gasteiger partial charge in [-0.2, -0.15) is 13.2 Å². The van der Waals surface area contributed by atoms with E-state index < -0.39 is 11.7 Å². The Balaban J connectivity index is 2.40. The molecule has 0 radical (unpaired) electrons. The molecule has 0 saturated carbocycles. The second kappa shape index (κ2) is 5.46. The van der Waals surface area contributed by atoms with Crippen molar-refractivity contribution < 1.29 is 17.9 Å². The van der Waals surface area contributed by atoms with E-state index in [-0.39, 0.29) is 16.3 Å². The highest BCUT2D eigenvalue weighted by Crippen LogP contribution is 2.35. The quantitative estimate of drug-likeness (QED) is 0.881. The van der Waals surface area contributed by atoms with E-state index >= 15 is 0 Å². The van der Waals surface area contributed by atoms with Crippen LogP contribution < -0.4 is 10.5 Å². The monoisotopic (exact) mass is 298 g/mol. The summed E-state index contributed by atoms with van der Waals surface area (Å²) in [5.74, 6) is 0.369. The molecule has 1 heterocycles. The molecule has 0 unspecified atom stereocenters. The van der Waals surface area contributed by atoms with Crippen molar-refractivity contribution in [1.29, 1.82) is 0 Å². The fourth-order valence-corrected chi connectivity index (χ4v) is 1.76. The Morgan fingerprint density at radius 2 is 1.95 bits per heavy atom. The third kappa shape index (κ3) is 3.24. The van der Waals surface area contributed by atoms with E-state index in [1.807, 2.05) is 0 Å². The van der Waals surface area contributed by atoms with Crippen LogP contribution in [0.5, 0.6) is 11.5 Å². The Morgan fingerprint density at radius 1 is 1.20 bits per heavy atom. The second-order valence-corrected chi connectivity index (χ2v) is 4.30. The van der Waals surface area contributed by atoms with E-state index in [1.54, 1.807) is 12.1 Å². The van der Waals surface area contributed by atoms with Crippen molar-refractivity contribution in [3.63, 3.8) is 0 Å². The minimum Gasteiger partial charge on any atom is -0.456 e. The van der Waals surface area contributed by atoms with Gasteiger partial charge in [0.05, 0.1) is 11.8 Å². The van der Waals surface area contributed by atoms with Crippen molar-refractivity contribution in [2.45, 2.75) is 6.18 Å². The van der Waals surface area contributed by atoms with Gasteiger partial charge in [-0.3, -0.25) is 4.98 Å². The number of benzene rings is 1. The molecule has 0 bridgehead atoms. The third-order valence-corrected chi connectivity index (χ3v) is 2.65. The lowest BCUT2D eigenvalue weighted by Crippen LogP contribution is -2.17. The minimum absolute atomic E-state index is 0.0327. The Labute approximate surface area is 118 Å². The van der Waals surface area contributed by atoms with Crippen LogP contribution >= 0.6 is 12.2 Å². The summed E-state index contributed by atoms with van der Waals surface area (Å²) in [6.07, 6.45) is -1.63. The molecule has 7 heteroatoms. The fraction of sp³-hybridized carbons (Fsp3) is 0.0769. The molecule has 104 valence electrons. The van der Waals surface area contributed by atoms with Crippen molar-refractivity contribution in [2.75, 3.05) is 0 Å². The SMILES string of the molecule is NC(=S)c1ccc(Oc2cccnc2)cc1C(F)(F)F. The number of alkyl halides is 3. The van der Waals surface area contributed by atoms with Gasteiger partial charge in [0.15, 0.2) is 0 Å². The summed E-state index contributed by atoms with van der Waals surface area (Å²) >= 11 is 4.62. The Kier molecular flexibility index (Phi) is 3.89. The first kappa shape index (κ1) is 14.3. The zero-order chi connectivity index (χ0) is 14.8. The van der Waals surface area contributed by atoms with Crippen molar-refractivity contribution in [1.82, 2.24) is 4.98 Å². The lowest BCUT2D eigenvalue weighted by atomic mass is 10.1. The van der Waals surface area contributed by atoms with Crippen LogP contribution in [0.2, 0.25) is 0 Å². The van der Waals surface area contributed by atoms with Crippen LogP contribution in [0.4, 0.5) is 13.2 Å². The van der Waals surface area contributed by atoms with Gasteiger partial charge < -0.3 is 10.5 Å². The summed E-state index contributed by atoms with van der Waals surface area (Å²) in [4.78, 5) is 3.50. The molecular weight excluding hydrogens is 289 g/mol. The summed E-state index contributed by atoms with van der Waals surface area (Å²) in [7, 11) is 0. The minimum atomic E-state index is -4.56. The van der Waals surface area contributed by atoms with Crippen LogP contribution in [0.1, 0.15) is 11.1 Å². The van der Waals surface area contributed by atoms with E-state index in [4.69, 9.17) is 10.5 Å². The molecule has 2 N–H and O–H groups in total. The van der Waals surface area contributed by atoms with Gasteiger partial charge in [0.1, 0.15) is 16.5 Å². The first-order valence-electron chi connectivity index (χ1n) is 5.47. The number of thiocarbonyl (C=S) groups is 1. The smallest absolute Gasteiger partial charge is 0.417 e. The molecule has 0 aliphatic rings. The lowest BCUT2D eigenvalue weighted by Gasteiger charge is -2.14. The topological polar surface area (TPSA) is 48.1 Å². The van der Waals surface area contributed by atoms with Gasteiger partial charge in [-0.05, 0) is 30.3 Å². The zero-order valence-electron chi connectivity index (χ0n) is 10.0. The molecule has 2 aromatic rings. The molecule has 0 aliphatic heterocycles. The van der Waals surface area contributed by atoms with E-state index in [2.05, 4.69) is 17.2 Å². The molecule has 3 nitrogen and oxygen atoms in total. The summed E-state index contributed by atoms with van der Waals surface area (Å²) in [6, 6.07) is 6.63. The average Bonchev–Trinajstić information content (AvgIpc) is 2.38. The summed E-state index contributed by atoms with van der Waals surface area (Å²) in [5, 5.41) is 0. The van der Waals surface area contributed by atoms with E-state index in [1.165, 1.54) is 24.5 Å². The van der Waals surface area contributed by atoms with Crippen molar-refractivity contribution in [2.24, 2.45) is 5.73 Å². The van der Waals surface area contributed by atoms with Gasteiger partial charge in [-0.15, -0.1) is 0 Å². The Hall–Kier alpha value is -2.15. The van der Waals surface area contributed by atoms with Gasteiger partial charge in [0.25, 0.3) is 0 Å². The molecule has 1 aromatic carbocycles. The van der Waals surface area contributed by atoms with E-state index in [0.717, 1.165) is 6.07 Å². The van der Waals surface area contributed by atoms with Crippen molar-refractivity contribution in [3.05, 3.63) is 53.9 Å². The molecule has 0 aliphatic carbocycles. The first-order chi connectivity index (χ1) is 9.38. The molecule has 1 aromatic heterocycles.